The van der Waals surface area contributed by atoms with Gasteiger partial charge in [0.1, 0.15) is 0 Å². The quantitative estimate of drug-likeness (QED) is 0.626. The lowest BCUT2D eigenvalue weighted by atomic mass is 10.1. The maximum atomic E-state index is 12.6. The first-order valence-electron chi connectivity index (χ1n) is 9.25. The molecule has 6 heteroatoms. The molecule has 0 aliphatic heterocycles. The second-order valence-electron chi connectivity index (χ2n) is 7.13. The molecule has 0 fully saturated rings. The van der Waals surface area contributed by atoms with Crippen LogP contribution in [0.5, 0.6) is 0 Å². The number of carbonyl (C=O) groups is 1. The van der Waals surface area contributed by atoms with Crippen molar-refractivity contribution >= 4 is 27.3 Å². The van der Waals surface area contributed by atoms with Crippen LogP contribution < -0.4 is 10.0 Å². The maximum Gasteiger partial charge on any atom is 0.261 e. The number of amides is 1. The first kappa shape index (κ1) is 20.6. The number of aryl methyl sites for hydroxylation is 3. The van der Waals surface area contributed by atoms with Gasteiger partial charge in [-0.2, -0.15) is 0 Å². The summed E-state index contributed by atoms with van der Waals surface area (Å²) in [5, 5.41) is 2.87. The Morgan fingerprint density at radius 2 is 1.48 bits per heavy atom. The van der Waals surface area contributed by atoms with Crippen LogP contribution in [-0.2, 0) is 10.0 Å². The van der Waals surface area contributed by atoms with Crippen molar-refractivity contribution in [3.05, 3.63) is 88.5 Å². The number of hydrogen-bond donors (Lipinski definition) is 2. The molecule has 0 bridgehead atoms. The second-order valence-corrected chi connectivity index (χ2v) is 8.81. The fraction of sp³-hybridized carbons (Fsp3) is 0.174. The van der Waals surface area contributed by atoms with E-state index in [0.29, 0.717) is 11.3 Å². The number of nitrogens with one attached hydrogen (secondary N) is 2. The van der Waals surface area contributed by atoms with Crippen LogP contribution in [0.4, 0.5) is 11.4 Å². The summed E-state index contributed by atoms with van der Waals surface area (Å²) in [6.45, 7) is 7.82. The monoisotopic (exact) mass is 408 g/mol. The van der Waals surface area contributed by atoms with E-state index in [1.807, 2.05) is 52.0 Å². The third-order valence-corrected chi connectivity index (χ3v) is 6.44. The van der Waals surface area contributed by atoms with Crippen LogP contribution >= 0.6 is 0 Å². The molecule has 0 spiro atoms. The smallest absolute Gasteiger partial charge is 0.261 e. The standard InChI is InChI=1S/C23H24N2O3S/c1-15-8-11-20(14-17(15)3)25-29(27,28)21-12-9-19(10-13-21)23(26)24-22-7-5-6-16(2)18(22)4/h5-14,25H,1-4H3,(H,24,26). The molecule has 1 amide bonds. The molecule has 2 N–H and O–H groups in total. The van der Waals surface area contributed by atoms with Gasteiger partial charge < -0.3 is 5.32 Å². The number of hydrogen-bond acceptors (Lipinski definition) is 3. The van der Waals surface area contributed by atoms with Crippen molar-refractivity contribution in [2.45, 2.75) is 32.6 Å². The van der Waals surface area contributed by atoms with E-state index in [0.717, 1.165) is 27.9 Å². The molecule has 0 saturated heterocycles. The third-order valence-electron chi connectivity index (χ3n) is 5.04. The second kappa shape index (κ2) is 8.09. The van der Waals surface area contributed by atoms with Crippen molar-refractivity contribution in [1.29, 1.82) is 0 Å². The Balaban J connectivity index is 1.77. The Morgan fingerprint density at radius 1 is 0.793 bits per heavy atom. The van der Waals surface area contributed by atoms with Gasteiger partial charge >= 0.3 is 0 Å². The minimum atomic E-state index is -3.74. The Morgan fingerprint density at radius 3 is 2.14 bits per heavy atom. The Hall–Kier alpha value is -3.12. The van der Waals surface area contributed by atoms with Gasteiger partial charge in [0.2, 0.25) is 0 Å². The SMILES string of the molecule is Cc1ccc(NS(=O)(=O)c2ccc(C(=O)Nc3cccc(C)c3C)cc2)cc1C. The van der Waals surface area contributed by atoms with Gasteiger partial charge in [-0.25, -0.2) is 8.42 Å². The molecule has 0 aliphatic carbocycles. The molecule has 5 nitrogen and oxygen atoms in total. The van der Waals surface area contributed by atoms with E-state index in [-0.39, 0.29) is 10.8 Å². The molecular formula is C23H24N2O3S. The van der Waals surface area contributed by atoms with E-state index in [1.54, 1.807) is 12.1 Å². The first-order chi connectivity index (χ1) is 13.7. The molecule has 0 aliphatic rings. The predicted octanol–water partition coefficient (Wildman–Crippen LogP) is 4.97. The van der Waals surface area contributed by atoms with Crippen LogP contribution in [0.15, 0.2) is 65.6 Å². The van der Waals surface area contributed by atoms with Crippen molar-refractivity contribution < 1.29 is 13.2 Å². The summed E-state index contributed by atoms with van der Waals surface area (Å²) in [5.74, 6) is -0.287. The zero-order valence-corrected chi connectivity index (χ0v) is 17.7. The normalized spacial score (nSPS) is 11.2. The third kappa shape index (κ3) is 4.66. The molecule has 0 heterocycles. The van der Waals surface area contributed by atoms with Crippen LogP contribution in [0.3, 0.4) is 0 Å². The van der Waals surface area contributed by atoms with E-state index in [2.05, 4.69) is 10.0 Å². The molecular weight excluding hydrogens is 384 g/mol. The zero-order chi connectivity index (χ0) is 21.2. The number of rotatable bonds is 5. The maximum absolute atomic E-state index is 12.6. The summed E-state index contributed by atoms with van der Waals surface area (Å²) in [6.07, 6.45) is 0. The highest BCUT2D eigenvalue weighted by Gasteiger charge is 2.16. The molecule has 3 aromatic rings. The van der Waals surface area contributed by atoms with Crippen molar-refractivity contribution in [3.63, 3.8) is 0 Å². The topological polar surface area (TPSA) is 75.3 Å². The van der Waals surface area contributed by atoms with Crippen LogP contribution in [0.25, 0.3) is 0 Å². The number of benzene rings is 3. The van der Waals surface area contributed by atoms with Crippen LogP contribution in [0, 0.1) is 27.7 Å². The van der Waals surface area contributed by atoms with Crippen molar-refractivity contribution in [2.24, 2.45) is 0 Å². The van der Waals surface area contributed by atoms with Crippen LogP contribution in [-0.4, -0.2) is 14.3 Å². The fourth-order valence-electron chi connectivity index (χ4n) is 2.89. The number of sulfonamides is 1. The van der Waals surface area contributed by atoms with E-state index >= 15 is 0 Å². The molecule has 0 aromatic heterocycles. The summed E-state index contributed by atoms with van der Waals surface area (Å²) in [6, 6.07) is 17.0. The lowest BCUT2D eigenvalue weighted by molar-refractivity contribution is 0.102. The molecule has 0 radical (unpaired) electrons. The lowest BCUT2D eigenvalue weighted by Crippen LogP contribution is -2.15. The summed E-state index contributed by atoms with van der Waals surface area (Å²) in [7, 11) is -3.74. The fourth-order valence-corrected chi connectivity index (χ4v) is 3.93. The average molecular weight is 409 g/mol. The summed E-state index contributed by atoms with van der Waals surface area (Å²) in [4.78, 5) is 12.6. The van der Waals surface area contributed by atoms with Gasteiger partial charge in [-0.3, -0.25) is 9.52 Å². The van der Waals surface area contributed by atoms with Gasteiger partial charge in [0.15, 0.2) is 0 Å². The van der Waals surface area contributed by atoms with Gasteiger partial charge in [-0.05, 0) is 92.4 Å². The molecule has 0 saturated carbocycles. The highest BCUT2D eigenvalue weighted by atomic mass is 32.2. The van der Waals surface area contributed by atoms with Gasteiger partial charge in [-0.15, -0.1) is 0 Å². The molecule has 29 heavy (non-hydrogen) atoms. The average Bonchev–Trinajstić information content (AvgIpc) is 2.68. The van der Waals surface area contributed by atoms with Crippen LogP contribution in [0.2, 0.25) is 0 Å². The Bertz CT molecular complexity index is 1170. The van der Waals surface area contributed by atoms with Gasteiger partial charge in [-0.1, -0.05) is 18.2 Å². The highest BCUT2D eigenvalue weighted by molar-refractivity contribution is 7.92. The number of carbonyl (C=O) groups excluding carboxylic acids is 1. The first-order valence-corrected chi connectivity index (χ1v) is 10.7. The molecule has 0 atom stereocenters. The van der Waals surface area contributed by atoms with Crippen LogP contribution in [0.1, 0.15) is 32.6 Å². The number of anilines is 2. The van der Waals surface area contributed by atoms with Crippen molar-refractivity contribution in [1.82, 2.24) is 0 Å². The van der Waals surface area contributed by atoms with Crippen molar-refractivity contribution in [3.8, 4) is 0 Å². The van der Waals surface area contributed by atoms with E-state index in [1.165, 1.54) is 24.3 Å². The molecule has 0 unspecified atom stereocenters. The van der Waals surface area contributed by atoms with Gasteiger partial charge in [0.25, 0.3) is 15.9 Å². The molecule has 3 aromatic carbocycles. The summed E-state index contributed by atoms with van der Waals surface area (Å²) >= 11 is 0. The zero-order valence-electron chi connectivity index (χ0n) is 16.9. The summed E-state index contributed by atoms with van der Waals surface area (Å²) in [5.41, 5.74) is 5.80. The van der Waals surface area contributed by atoms with E-state index in [4.69, 9.17) is 0 Å². The minimum Gasteiger partial charge on any atom is -0.322 e. The van der Waals surface area contributed by atoms with Gasteiger partial charge in [0, 0.05) is 16.9 Å². The van der Waals surface area contributed by atoms with Gasteiger partial charge in [0.05, 0.1) is 4.90 Å². The largest absolute Gasteiger partial charge is 0.322 e. The minimum absolute atomic E-state index is 0.0963. The Kier molecular flexibility index (Phi) is 5.75. The highest BCUT2D eigenvalue weighted by Crippen LogP contribution is 2.21. The lowest BCUT2D eigenvalue weighted by Gasteiger charge is -2.12. The summed E-state index contributed by atoms with van der Waals surface area (Å²) < 4.78 is 27.9. The van der Waals surface area contributed by atoms with Crippen molar-refractivity contribution in [2.75, 3.05) is 10.0 Å². The van der Waals surface area contributed by atoms with E-state index < -0.39 is 10.0 Å². The molecule has 150 valence electrons. The molecule has 3 rings (SSSR count). The Labute approximate surface area is 171 Å². The predicted molar refractivity (Wildman–Crippen MR) is 117 cm³/mol. The van der Waals surface area contributed by atoms with E-state index in [9.17, 15) is 13.2 Å².